The molecule has 0 saturated heterocycles. The van der Waals surface area contributed by atoms with Gasteiger partial charge in [0.15, 0.2) is 11.6 Å². The van der Waals surface area contributed by atoms with Crippen molar-refractivity contribution in [2.24, 2.45) is 16.2 Å². The van der Waals surface area contributed by atoms with E-state index in [1.54, 1.807) is 13.8 Å². The molecule has 0 fully saturated rings. The van der Waals surface area contributed by atoms with Crippen molar-refractivity contribution >= 4 is 35.2 Å². The molecule has 2 aliphatic carbocycles. The number of unbranched alkanes of at least 4 members (excludes halogenated alkanes) is 2. The lowest BCUT2D eigenvalue weighted by Crippen LogP contribution is -2.24. The maximum Gasteiger partial charge on any atom is 0.309 e. The molecule has 3 rings (SSSR count). The van der Waals surface area contributed by atoms with Crippen LogP contribution in [0.3, 0.4) is 0 Å². The van der Waals surface area contributed by atoms with E-state index >= 15 is 0 Å². The van der Waals surface area contributed by atoms with Gasteiger partial charge in [0, 0.05) is 22.0 Å². The first-order valence-corrected chi connectivity index (χ1v) is 15.8. The number of allylic oxidation sites excluding steroid dienone is 8. The molecule has 0 aliphatic heterocycles. The Bertz CT molecular complexity index is 1410. The number of carbonyl (C=O) groups is 4. The standard InChI is InChI=1S/C38H50O6/c1-35(2)21-26(15-11-13-19-37(5,6)34(42)43)32(40)30(23-35)28-17-9-10-18-29(28)31-24-36(3,4)22-27(33(31)41)16-12-14-20-38(7,8)44-25-39/h9-10,17-18,21-25H,11-16,19-20H2,1-8H3,(H,42,43). The van der Waals surface area contributed by atoms with Crippen LogP contribution in [0.15, 0.2) is 59.7 Å². The molecule has 6 nitrogen and oxygen atoms in total. The van der Waals surface area contributed by atoms with Gasteiger partial charge in [-0.25, -0.2) is 0 Å². The summed E-state index contributed by atoms with van der Waals surface area (Å²) in [5, 5.41) is 9.44. The summed E-state index contributed by atoms with van der Waals surface area (Å²) in [6, 6.07) is 7.68. The Morgan fingerprint density at radius 2 is 1.18 bits per heavy atom. The summed E-state index contributed by atoms with van der Waals surface area (Å²) in [6.07, 6.45) is 13.6. The lowest BCUT2D eigenvalue weighted by Gasteiger charge is -2.29. The van der Waals surface area contributed by atoms with E-state index in [0.717, 1.165) is 41.5 Å². The van der Waals surface area contributed by atoms with Gasteiger partial charge in [-0.15, -0.1) is 0 Å². The first-order chi connectivity index (χ1) is 20.4. The molecule has 238 valence electrons. The van der Waals surface area contributed by atoms with E-state index in [-0.39, 0.29) is 22.4 Å². The molecule has 1 aromatic carbocycles. The smallest absolute Gasteiger partial charge is 0.309 e. The maximum absolute atomic E-state index is 14.0. The normalized spacial score (nSPS) is 18.2. The van der Waals surface area contributed by atoms with Crippen LogP contribution in [0.2, 0.25) is 0 Å². The van der Waals surface area contributed by atoms with Crippen LogP contribution in [0, 0.1) is 16.2 Å². The Labute approximate surface area is 263 Å². The number of hydrogen-bond acceptors (Lipinski definition) is 5. The van der Waals surface area contributed by atoms with E-state index in [1.807, 2.05) is 56.3 Å². The first-order valence-electron chi connectivity index (χ1n) is 15.8. The molecule has 0 aromatic heterocycles. The highest BCUT2D eigenvalue weighted by atomic mass is 16.5. The SMILES string of the molecule is CC1(C)C=C(CCCCC(C)(C)OC=O)C(=O)C(c2ccccc2C2=CC(C)(C)C=C(CCCCC(C)(C)C(=O)O)C2=O)=C1. The van der Waals surface area contributed by atoms with Gasteiger partial charge >= 0.3 is 5.97 Å². The van der Waals surface area contributed by atoms with Crippen molar-refractivity contribution in [3.63, 3.8) is 0 Å². The molecule has 44 heavy (non-hydrogen) atoms. The molecule has 0 amide bonds. The van der Waals surface area contributed by atoms with Crippen LogP contribution in [0.5, 0.6) is 0 Å². The van der Waals surface area contributed by atoms with E-state index in [9.17, 15) is 24.3 Å². The highest BCUT2D eigenvalue weighted by molar-refractivity contribution is 6.34. The third kappa shape index (κ3) is 8.99. The zero-order valence-electron chi connectivity index (χ0n) is 27.8. The molecule has 0 bridgehead atoms. The van der Waals surface area contributed by atoms with Crippen LogP contribution in [0.4, 0.5) is 0 Å². The number of Topliss-reactive ketones (excluding diaryl/α,β-unsaturated/α-hetero) is 2. The molecule has 1 aromatic rings. The quantitative estimate of drug-likeness (QED) is 0.159. The summed E-state index contributed by atoms with van der Waals surface area (Å²) >= 11 is 0. The van der Waals surface area contributed by atoms with E-state index in [0.29, 0.717) is 49.7 Å². The van der Waals surface area contributed by atoms with Gasteiger partial charge in [0.05, 0.1) is 5.41 Å². The molecule has 2 aliphatic rings. The number of carbonyl (C=O) groups excluding carboxylic acids is 3. The summed E-state index contributed by atoms with van der Waals surface area (Å²) in [5.74, 6) is -0.859. The predicted molar refractivity (Wildman–Crippen MR) is 176 cm³/mol. The minimum atomic E-state index is -0.811. The van der Waals surface area contributed by atoms with Gasteiger partial charge in [0.2, 0.25) is 0 Å². The van der Waals surface area contributed by atoms with Crippen molar-refractivity contribution in [2.45, 2.75) is 112 Å². The van der Waals surface area contributed by atoms with Crippen molar-refractivity contribution in [1.82, 2.24) is 0 Å². The van der Waals surface area contributed by atoms with E-state index in [2.05, 4.69) is 33.8 Å². The molecule has 6 heteroatoms. The highest BCUT2D eigenvalue weighted by Crippen LogP contribution is 2.42. The highest BCUT2D eigenvalue weighted by Gasteiger charge is 2.33. The number of aliphatic carboxylic acids is 1. The number of carboxylic acid groups (broad SMARTS) is 1. The maximum atomic E-state index is 14.0. The molecule has 0 radical (unpaired) electrons. The molecule has 1 N–H and O–H groups in total. The van der Waals surface area contributed by atoms with Gasteiger partial charge < -0.3 is 9.84 Å². The molecular weight excluding hydrogens is 552 g/mol. The minimum Gasteiger partial charge on any atom is -0.481 e. The number of benzene rings is 1. The second-order valence-corrected chi connectivity index (χ2v) is 14.9. The van der Waals surface area contributed by atoms with Crippen LogP contribution in [-0.4, -0.2) is 34.7 Å². The topological polar surface area (TPSA) is 97.7 Å². The van der Waals surface area contributed by atoms with Crippen molar-refractivity contribution in [1.29, 1.82) is 0 Å². The second-order valence-electron chi connectivity index (χ2n) is 14.9. The molecule has 0 atom stereocenters. The fourth-order valence-electron chi connectivity index (χ4n) is 6.10. The van der Waals surface area contributed by atoms with E-state index in [1.165, 1.54) is 0 Å². The summed E-state index contributed by atoms with van der Waals surface area (Å²) in [6.45, 7) is 16.0. The van der Waals surface area contributed by atoms with Crippen LogP contribution in [-0.2, 0) is 23.9 Å². The lowest BCUT2D eigenvalue weighted by atomic mass is 9.74. The Morgan fingerprint density at radius 3 is 1.59 bits per heavy atom. The summed E-state index contributed by atoms with van der Waals surface area (Å²) in [5.41, 5.74) is 2.22. The van der Waals surface area contributed by atoms with Crippen molar-refractivity contribution in [3.05, 3.63) is 70.8 Å². The fourth-order valence-corrected chi connectivity index (χ4v) is 6.10. The van der Waals surface area contributed by atoms with Crippen LogP contribution in [0.25, 0.3) is 11.1 Å². The van der Waals surface area contributed by atoms with E-state index < -0.39 is 17.0 Å². The molecule has 0 unspecified atom stereocenters. The Balaban J connectivity index is 1.84. The Kier molecular flexibility index (Phi) is 10.8. The molecular formula is C38H50O6. The van der Waals surface area contributed by atoms with Gasteiger partial charge in [-0.2, -0.15) is 0 Å². The average molecular weight is 603 g/mol. The summed E-state index contributed by atoms with van der Waals surface area (Å²) in [7, 11) is 0. The number of ketones is 2. The fraction of sp³-hybridized carbons (Fsp3) is 0.526. The van der Waals surface area contributed by atoms with Crippen molar-refractivity contribution in [3.8, 4) is 0 Å². The number of ether oxygens (including phenoxy) is 1. The first kappa shape index (κ1) is 34.9. The van der Waals surface area contributed by atoms with Gasteiger partial charge in [-0.1, -0.05) is 82.7 Å². The monoisotopic (exact) mass is 602 g/mol. The zero-order valence-corrected chi connectivity index (χ0v) is 27.8. The van der Waals surface area contributed by atoms with Crippen molar-refractivity contribution in [2.75, 3.05) is 0 Å². The average Bonchev–Trinajstić information content (AvgIpc) is 2.92. The largest absolute Gasteiger partial charge is 0.481 e. The number of rotatable bonds is 15. The van der Waals surface area contributed by atoms with Gasteiger partial charge in [0.25, 0.3) is 6.47 Å². The van der Waals surface area contributed by atoms with Crippen LogP contribution < -0.4 is 0 Å². The number of carboxylic acids is 1. The number of hydrogen-bond donors (Lipinski definition) is 1. The summed E-state index contributed by atoms with van der Waals surface area (Å²) in [4.78, 5) is 50.2. The zero-order chi connectivity index (χ0) is 32.9. The van der Waals surface area contributed by atoms with Gasteiger partial charge in [-0.05, 0) is 94.9 Å². The third-order valence-electron chi connectivity index (χ3n) is 8.62. The van der Waals surface area contributed by atoms with E-state index in [4.69, 9.17) is 4.74 Å². The molecule has 0 spiro atoms. The van der Waals surface area contributed by atoms with Crippen molar-refractivity contribution < 1.29 is 29.0 Å². The lowest BCUT2D eigenvalue weighted by molar-refractivity contribution is -0.147. The third-order valence-corrected chi connectivity index (χ3v) is 8.62. The predicted octanol–water partition coefficient (Wildman–Crippen LogP) is 8.71. The van der Waals surface area contributed by atoms with Crippen LogP contribution >= 0.6 is 0 Å². The van der Waals surface area contributed by atoms with Gasteiger partial charge in [0.1, 0.15) is 5.60 Å². The molecule has 0 heterocycles. The van der Waals surface area contributed by atoms with Crippen LogP contribution in [0.1, 0.15) is 118 Å². The van der Waals surface area contributed by atoms with Gasteiger partial charge in [-0.3, -0.25) is 19.2 Å². The Hall–Kier alpha value is -3.54. The molecule has 0 saturated carbocycles. The minimum absolute atomic E-state index is 0.0138. The second kappa shape index (κ2) is 13.6. The summed E-state index contributed by atoms with van der Waals surface area (Å²) < 4.78 is 5.17. The Morgan fingerprint density at radius 1 is 0.750 bits per heavy atom.